The number of halogens is 2. The summed E-state index contributed by atoms with van der Waals surface area (Å²) in [6.45, 7) is 1.75. The van der Waals surface area contributed by atoms with Gasteiger partial charge in [-0.25, -0.2) is 4.39 Å². The van der Waals surface area contributed by atoms with Crippen LogP contribution in [0, 0.1) is 12.7 Å². The molecule has 2 rings (SSSR count). The van der Waals surface area contributed by atoms with E-state index in [1.165, 1.54) is 0 Å². The molecule has 1 atom stereocenters. The molecule has 3 heteroatoms. The van der Waals surface area contributed by atoms with Crippen LogP contribution in [0.3, 0.4) is 0 Å². The van der Waals surface area contributed by atoms with E-state index in [1.807, 2.05) is 36.4 Å². The molecule has 2 aromatic rings. The lowest BCUT2D eigenvalue weighted by Gasteiger charge is -2.14. The molecule has 17 heavy (non-hydrogen) atoms. The zero-order chi connectivity index (χ0) is 11.5. The van der Waals surface area contributed by atoms with Crippen molar-refractivity contribution in [1.82, 2.24) is 0 Å². The van der Waals surface area contributed by atoms with Crippen LogP contribution in [0.5, 0.6) is 0 Å². The predicted molar refractivity (Wildman–Crippen MR) is 70.9 cm³/mol. The maximum Gasteiger partial charge on any atom is 0.131 e. The van der Waals surface area contributed by atoms with Crippen LogP contribution in [0.25, 0.3) is 0 Å². The van der Waals surface area contributed by atoms with Gasteiger partial charge in [0.2, 0.25) is 0 Å². The molecule has 0 bridgehead atoms. The quantitative estimate of drug-likeness (QED) is 0.867. The van der Waals surface area contributed by atoms with E-state index in [2.05, 4.69) is 0 Å². The molecule has 0 heterocycles. The van der Waals surface area contributed by atoms with Gasteiger partial charge in [-0.2, -0.15) is 0 Å². The van der Waals surface area contributed by atoms with Crippen molar-refractivity contribution in [1.29, 1.82) is 0 Å². The van der Waals surface area contributed by atoms with Gasteiger partial charge < -0.3 is 5.73 Å². The summed E-state index contributed by atoms with van der Waals surface area (Å²) in [6.07, 6.45) is 0. The maximum atomic E-state index is 13.9. The SMILES string of the molecule is Cc1cccc(C(N)c2ccccc2)c1F.Cl. The van der Waals surface area contributed by atoms with Gasteiger partial charge in [0.05, 0.1) is 6.04 Å². The molecule has 1 unspecified atom stereocenters. The summed E-state index contributed by atoms with van der Waals surface area (Å²) < 4.78 is 13.9. The molecule has 0 aromatic heterocycles. The van der Waals surface area contributed by atoms with E-state index >= 15 is 0 Å². The van der Waals surface area contributed by atoms with Gasteiger partial charge in [0.1, 0.15) is 5.82 Å². The zero-order valence-corrected chi connectivity index (χ0v) is 10.4. The second-order valence-electron chi connectivity index (χ2n) is 3.87. The van der Waals surface area contributed by atoms with Gasteiger partial charge in [-0.1, -0.05) is 48.5 Å². The van der Waals surface area contributed by atoms with Crippen molar-refractivity contribution in [3.8, 4) is 0 Å². The van der Waals surface area contributed by atoms with E-state index in [0.29, 0.717) is 11.1 Å². The molecule has 0 spiro atoms. The average molecular weight is 252 g/mol. The summed E-state index contributed by atoms with van der Waals surface area (Å²) in [7, 11) is 0. The minimum absolute atomic E-state index is 0. The Morgan fingerprint density at radius 2 is 1.65 bits per heavy atom. The van der Waals surface area contributed by atoms with Crippen LogP contribution in [0.15, 0.2) is 48.5 Å². The van der Waals surface area contributed by atoms with E-state index in [-0.39, 0.29) is 18.2 Å². The lowest BCUT2D eigenvalue weighted by Crippen LogP contribution is -2.13. The van der Waals surface area contributed by atoms with Crippen molar-refractivity contribution in [2.24, 2.45) is 5.73 Å². The highest BCUT2D eigenvalue weighted by atomic mass is 35.5. The Hall–Kier alpha value is -1.38. The molecule has 90 valence electrons. The minimum Gasteiger partial charge on any atom is -0.320 e. The van der Waals surface area contributed by atoms with Crippen LogP contribution in [0.1, 0.15) is 22.7 Å². The minimum atomic E-state index is -0.402. The van der Waals surface area contributed by atoms with Crippen molar-refractivity contribution < 1.29 is 4.39 Å². The molecule has 0 fully saturated rings. The summed E-state index contributed by atoms with van der Waals surface area (Å²) in [5.41, 5.74) is 8.15. The monoisotopic (exact) mass is 251 g/mol. The van der Waals surface area contributed by atoms with Gasteiger partial charge >= 0.3 is 0 Å². The molecule has 0 aliphatic heterocycles. The smallest absolute Gasteiger partial charge is 0.131 e. The first-order valence-electron chi connectivity index (χ1n) is 5.25. The molecule has 0 saturated carbocycles. The normalized spacial score (nSPS) is 11.7. The summed E-state index contributed by atoms with van der Waals surface area (Å²) in [5, 5.41) is 0. The lowest BCUT2D eigenvalue weighted by molar-refractivity contribution is 0.591. The van der Waals surface area contributed by atoms with Crippen molar-refractivity contribution in [2.75, 3.05) is 0 Å². The maximum absolute atomic E-state index is 13.9. The third-order valence-electron chi connectivity index (χ3n) is 2.72. The summed E-state index contributed by atoms with van der Waals surface area (Å²) >= 11 is 0. The van der Waals surface area contributed by atoms with Crippen molar-refractivity contribution >= 4 is 12.4 Å². The van der Waals surface area contributed by atoms with Crippen molar-refractivity contribution in [3.63, 3.8) is 0 Å². The van der Waals surface area contributed by atoms with Crippen molar-refractivity contribution in [3.05, 3.63) is 71.0 Å². The summed E-state index contributed by atoms with van der Waals surface area (Å²) in [5.74, 6) is -0.209. The Morgan fingerprint density at radius 1 is 1.00 bits per heavy atom. The molecule has 2 aromatic carbocycles. The second-order valence-corrected chi connectivity index (χ2v) is 3.87. The Balaban J connectivity index is 0.00000144. The zero-order valence-electron chi connectivity index (χ0n) is 9.56. The number of hydrogen-bond donors (Lipinski definition) is 1. The van der Waals surface area contributed by atoms with Gasteiger partial charge in [0.25, 0.3) is 0 Å². The fourth-order valence-electron chi connectivity index (χ4n) is 1.75. The Kier molecular flexibility index (Phi) is 4.67. The van der Waals surface area contributed by atoms with E-state index in [4.69, 9.17) is 5.73 Å². The molecule has 0 aliphatic rings. The molecular weight excluding hydrogens is 237 g/mol. The Morgan fingerprint density at radius 3 is 2.29 bits per heavy atom. The van der Waals surface area contributed by atoms with Crippen LogP contribution in [0.4, 0.5) is 4.39 Å². The van der Waals surface area contributed by atoms with Crippen LogP contribution >= 0.6 is 12.4 Å². The molecule has 0 radical (unpaired) electrons. The fraction of sp³-hybridized carbons (Fsp3) is 0.143. The molecule has 0 amide bonds. The highest BCUT2D eigenvalue weighted by molar-refractivity contribution is 5.85. The van der Waals surface area contributed by atoms with Gasteiger partial charge in [-0.15, -0.1) is 12.4 Å². The standard InChI is InChI=1S/C14H14FN.ClH/c1-10-6-5-9-12(13(10)15)14(16)11-7-3-2-4-8-11;/h2-9,14H,16H2,1H3;1H. The van der Waals surface area contributed by atoms with Crippen LogP contribution in [-0.2, 0) is 0 Å². The molecule has 0 saturated heterocycles. The molecular formula is C14H15ClFN. The van der Waals surface area contributed by atoms with E-state index in [1.54, 1.807) is 19.1 Å². The molecule has 2 N–H and O–H groups in total. The number of nitrogens with two attached hydrogens (primary N) is 1. The summed E-state index contributed by atoms with van der Waals surface area (Å²) in [6, 6.07) is 14.5. The molecule has 1 nitrogen and oxygen atoms in total. The highest BCUT2D eigenvalue weighted by Crippen LogP contribution is 2.23. The van der Waals surface area contributed by atoms with E-state index in [9.17, 15) is 4.39 Å². The topological polar surface area (TPSA) is 26.0 Å². The van der Waals surface area contributed by atoms with E-state index < -0.39 is 6.04 Å². The van der Waals surface area contributed by atoms with Gasteiger partial charge in [0, 0.05) is 5.56 Å². The van der Waals surface area contributed by atoms with Crippen LogP contribution in [-0.4, -0.2) is 0 Å². The number of benzene rings is 2. The van der Waals surface area contributed by atoms with Crippen molar-refractivity contribution in [2.45, 2.75) is 13.0 Å². The lowest BCUT2D eigenvalue weighted by atomic mass is 9.97. The first kappa shape index (κ1) is 13.7. The van der Waals surface area contributed by atoms with Crippen LogP contribution < -0.4 is 5.73 Å². The molecule has 0 aliphatic carbocycles. The van der Waals surface area contributed by atoms with Gasteiger partial charge in [0.15, 0.2) is 0 Å². The third kappa shape index (κ3) is 2.84. The van der Waals surface area contributed by atoms with Gasteiger partial charge in [-0.05, 0) is 18.1 Å². The number of rotatable bonds is 2. The first-order valence-corrected chi connectivity index (χ1v) is 5.25. The Labute approximate surface area is 107 Å². The number of hydrogen-bond acceptors (Lipinski definition) is 1. The third-order valence-corrected chi connectivity index (χ3v) is 2.72. The largest absolute Gasteiger partial charge is 0.320 e. The highest BCUT2D eigenvalue weighted by Gasteiger charge is 2.13. The predicted octanol–water partition coefficient (Wildman–Crippen LogP) is 3.60. The number of aryl methyl sites for hydroxylation is 1. The van der Waals surface area contributed by atoms with Gasteiger partial charge in [-0.3, -0.25) is 0 Å². The Bertz CT molecular complexity index is 485. The fourth-order valence-corrected chi connectivity index (χ4v) is 1.75. The van der Waals surface area contributed by atoms with E-state index in [0.717, 1.165) is 5.56 Å². The summed E-state index contributed by atoms with van der Waals surface area (Å²) in [4.78, 5) is 0. The average Bonchev–Trinajstić information content (AvgIpc) is 2.33. The second kappa shape index (κ2) is 5.80. The first-order chi connectivity index (χ1) is 7.70. The van der Waals surface area contributed by atoms with Crippen LogP contribution in [0.2, 0.25) is 0 Å².